The summed E-state index contributed by atoms with van der Waals surface area (Å²) >= 11 is 0. The van der Waals surface area contributed by atoms with E-state index < -0.39 is 6.10 Å². The second-order valence-corrected chi connectivity index (χ2v) is 3.26. The Kier molecular flexibility index (Phi) is 10.1. The summed E-state index contributed by atoms with van der Waals surface area (Å²) in [5, 5.41) is 12.5. The summed E-state index contributed by atoms with van der Waals surface area (Å²) in [6.07, 6.45) is 2.45. The van der Waals surface area contributed by atoms with Crippen molar-refractivity contribution in [3.05, 3.63) is 24.0 Å². The Balaban J connectivity index is 0.00000106. The highest BCUT2D eigenvalue weighted by atomic mass is 16.5. The molecule has 1 heterocycles. The number of aromatic nitrogens is 1. The van der Waals surface area contributed by atoms with Gasteiger partial charge in [0.25, 0.3) is 0 Å². The van der Waals surface area contributed by atoms with Crippen molar-refractivity contribution >= 4 is 0 Å². The topological polar surface area (TPSA) is 57.3 Å². The summed E-state index contributed by atoms with van der Waals surface area (Å²) in [6, 6.07) is 4.03. The first-order valence-corrected chi connectivity index (χ1v) is 5.83. The monoisotopic (exact) mass is 228 g/mol. The van der Waals surface area contributed by atoms with Crippen LogP contribution in [0.4, 0.5) is 0 Å². The molecule has 16 heavy (non-hydrogen) atoms. The zero-order valence-electron chi connectivity index (χ0n) is 10.5. The third-order valence-corrected chi connectivity index (χ3v) is 1.97. The molecular formula is C12H24N2O2. The molecule has 0 amide bonds. The van der Waals surface area contributed by atoms with E-state index in [1.807, 2.05) is 32.2 Å². The van der Waals surface area contributed by atoms with Crippen LogP contribution in [-0.2, 0) is 11.2 Å². The van der Waals surface area contributed by atoms with Crippen molar-refractivity contribution in [1.82, 2.24) is 10.3 Å². The van der Waals surface area contributed by atoms with Crippen LogP contribution in [0.25, 0.3) is 0 Å². The van der Waals surface area contributed by atoms with Crippen LogP contribution >= 0.6 is 0 Å². The fourth-order valence-electron chi connectivity index (χ4n) is 1.27. The summed E-state index contributed by atoms with van der Waals surface area (Å²) in [7, 11) is 1.59. The van der Waals surface area contributed by atoms with Gasteiger partial charge in [0, 0.05) is 32.1 Å². The first-order chi connectivity index (χ1) is 7.83. The minimum absolute atomic E-state index is 0.384. The van der Waals surface area contributed by atoms with Crippen LogP contribution in [0.5, 0.6) is 0 Å². The van der Waals surface area contributed by atoms with Crippen LogP contribution in [-0.4, -0.2) is 43.0 Å². The maximum Gasteiger partial charge on any atom is 0.0897 e. The van der Waals surface area contributed by atoms with Crippen LogP contribution in [0.1, 0.15) is 19.5 Å². The number of H-pyrrole nitrogens is 1. The SMILES string of the molecule is CC.COCC(O)CNCCc1ccc[nH]1. The minimum atomic E-state index is -0.413. The highest BCUT2D eigenvalue weighted by molar-refractivity contribution is 5.03. The van der Waals surface area contributed by atoms with E-state index in [-0.39, 0.29) is 0 Å². The van der Waals surface area contributed by atoms with Gasteiger partial charge in [-0.2, -0.15) is 0 Å². The highest BCUT2D eigenvalue weighted by Gasteiger charge is 2.01. The lowest BCUT2D eigenvalue weighted by atomic mass is 10.3. The Morgan fingerprint density at radius 2 is 2.25 bits per heavy atom. The molecule has 0 bridgehead atoms. The van der Waals surface area contributed by atoms with Crippen molar-refractivity contribution in [2.45, 2.75) is 26.4 Å². The quantitative estimate of drug-likeness (QED) is 0.614. The standard InChI is InChI=1S/C10H18N2O2.C2H6/c1-14-8-10(13)7-11-6-4-9-3-2-5-12-9;1-2/h2-3,5,10-13H,4,6-8H2,1H3;1-2H3. The Morgan fingerprint density at radius 3 is 2.81 bits per heavy atom. The van der Waals surface area contributed by atoms with Gasteiger partial charge in [0.05, 0.1) is 12.7 Å². The van der Waals surface area contributed by atoms with Gasteiger partial charge in [0.2, 0.25) is 0 Å². The molecule has 1 rings (SSSR count). The number of ether oxygens (including phenoxy) is 1. The second kappa shape index (κ2) is 10.7. The summed E-state index contributed by atoms with van der Waals surface area (Å²) in [6.45, 7) is 5.82. The van der Waals surface area contributed by atoms with Gasteiger partial charge in [0.15, 0.2) is 0 Å². The summed E-state index contributed by atoms with van der Waals surface area (Å²) in [5.74, 6) is 0. The van der Waals surface area contributed by atoms with Crippen LogP contribution in [0.3, 0.4) is 0 Å². The van der Waals surface area contributed by atoms with Crippen molar-refractivity contribution in [3.8, 4) is 0 Å². The van der Waals surface area contributed by atoms with Crippen LogP contribution in [0.15, 0.2) is 18.3 Å². The molecule has 1 aromatic heterocycles. The van der Waals surface area contributed by atoms with E-state index in [4.69, 9.17) is 4.74 Å². The molecule has 1 atom stereocenters. The lowest BCUT2D eigenvalue weighted by molar-refractivity contribution is 0.0648. The van der Waals surface area contributed by atoms with Crippen molar-refractivity contribution < 1.29 is 9.84 Å². The molecule has 0 aliphatic rings. The summed E-state index contributed by atoms with van der Waals surface area (Å²) < 4.78 is 4.81. The fourth-order valence-corrected chi connectivity index (χ4v) is 1.27. The number of aliphatic hydroxyl groups is 1. The second-order valence-electron chi connectivity index (χ2n) is 3.26. The molecule has 1 unspecified atom stereocenters. The zero-order chi connectivity index (χ0) is 12.2. The maximum absolute atomic E-state index is 9.31. The van der Waals surface area contributed by atoms with Crippen LogP contribution in [0, 0.1) is 0 Å². The number of aliphatic hydroxyl groups excluding tert-OH is 1. The van der Waals surface area contributed by atoms with E-state index in [1.54, 1.807) is 7.11 Å². The van der Waals surface area contributed by atoms with Crippen molar-refractivity contribution in [1.29, 1.82) is 0 Å². The molecule has 0 saturated heterocycles. The normalized spacial score (nSPS) is 11.8. The molecule has 0 spiro atoms. The number of hydrogen-bond acceptors (Lipinski definition) is 3. The molecule has 4 nitrogen and oxygen atoms in total. The summed E-state index contributed by atoms with van der Waals surface area (Å²) in [4.78, 5) is 3.12. The fraction of sp³-hybridized carbons (Fsp3) is 0.667. The summed E-state index contributed by atoms with van der Waals surface area (Å²) in [5.41, 5.74) is 1.21. The molecule has 0 radical (unpaired) electrons. The molecule has 3 N–H and O–H groups in total. The average molecular weight is 228 g/mol. The average Bonchev–Trinajstić information content (AvgIpc) is 2.81. The molecule has 94 valence electrons. The van der Waals surface area contributed by atoms with E-state index in [2.05, 4.69) is 10.3 Å². The molecule has 1 aromatic rings. The molecule has 4 heteroatoms. The van der Waals surface area contributed by atoms with Crippen molar-refractivity contribution in [3.63, 3.8) is 0 Å². The number of nitrogens with one attached hydrogen (secondary N) is 2. The third kappa shape index (κ3) is 7.45. The van der Waals surface area contributed by atoms with Gasteiger partial charge in [-0.3, -0.25) is 0 Å². The first kappa shape index (κ1) is 15.2. The Labute approximate surface area is 98.0 Å². The molecule has 0 fully saturated rings. The van der Waals surface area contributed by atoms with Gasteiger partial charge in [-0.15, -0.1) is 0 Å². The van der Waals surface area contributed by atoms with Gasteiger partial charge < -0.3 is 20.1 Å². The Morgan fingerprint density at radius 1 is 1.50 bits per heavy atom. The van der Waals surface area contributed by atoms with Gasteiger partial charge in [-0.1, -0.05) is 13.8 Å². The van der Waals surface area contributed by atoms with E-state index in [0.29, 0.717) is 13.2 Å². The predicted octanol–water partition coefficient (Wildman–Crippen LogP) is 1.18. The third-order valence-electron chi connectivity index (χ3n) is 1.97. The zero-order valence-corrected chi connectivity index (χ0v) is 10.5. The predicted molar refractivity (Wildman–Crippen MR) is 66.6 cm³/mol. The van der Waals surface area contributed by atoms with Gasteiger partial charge in [-0.25, -0.2) is 0 Å². The number of methoxy groups -OCH3 is 1. The van der Waals surface area contributed by atoms with Crippen molar-refractivity contribution in [2.24, 2.45) is 0 Å². The lowest BCUT2D eigenvalue weighted by Gasteiger charge is -2.09. The van der Waals surface area contributed by atoms with Gasteiger partial charge >= 0.3 is 0 Å². The van der Waals surface area contributed by atoms with E-state index >= 15 is 0 Å². The Hall–Kier alpha value is -0.840. The maximum atomic E-state index is 9.31. The molecule has 0 aliphatic carbocycles. The van der Waals surface area contributed by atoms with Gasteiger partial charge in [-0.05, 0) is 18.6 Å². The number of hydrogen-bond donors (Lipinski definition) is 3. The van der Waals surface area contributed by atoms with Crippen molar-refractivity contribution in [2.75, 3.05) is 26.8 Å². The lowest BCUT2D eigenvalue weighted by Crippen LogP contribution is -2.31. The van der Waals surface area contributed by atoms with E-state index in [0.717, 1.165) is 13.0 Å². The number of aromatic amines is 1. The van der Waals surface area contributed by atoms with E-state index in [9.17, 15) is 5.11 Å². The first-order valence-electron chi connectivity index (χ1n) is 5.83. The van der Waals surface area contributed by atoms with E-state index in [1.165, 1.54) is 5.69 Å². The Bertz CT molecular complexity index is 225. The van der Waals surface area contributed by atoms with Gasteiger partial charge in [0.1, 0.15) is 0 Å². The molecule has 0 aliphatic heterocycles. The molecule has 0 saturated carbocycles. The minimum Gasteiger partial charge on any atom is -0.389 e. The highest BCUT2D eigenvalue weighted by Crippen LogP contribution is 1.93. The van der Waals surface area contributed by atoms with Crippen LogP contribution < -0.4 is 5.32 Å². The molecular weight excluding hydrogens is 204 g/mol. The molecule has 0 aromatic carbocycles. The number of rotatable bonds is 7. The smallest absolute Gasteiger partial charge is 0.0897 e. The van der Waals surface area contributed by atoms with Crippen LogP contribution in [0.2, 0.25) is 0 Å². The largest absolute Gasteiger partial charge is 0.389 e.